The van der Waals surface area contributed by atoms with Crippen molar-refractivity contribution in [3.8, 4) is 0 Å². The summed E-state index contributed by atoms with van der Waals surface area (Å²) in [5.74, 6) is -21.9. The van der Waals surface area contributed by atoms with Gasteiger partial charge in [0.2, 0.25) is 118 Å². The molecule has 0 spiro atoms. The van der Waals surface area contributed by atoms with Gasteiger partial charge in [-0.15, -0.1) is 0 Å². The Morgan fingerprint density at radius 2 is 0.932 bits per heavy atom. The van der Waals surface area contributed by atoms with Crippen molar-refractivity contribution in [3.05, 3.63) is 124 Å². The van der Waals surface area contributed by atoms with Crippen LogP contribution in [0.15, 0.2) is 97.6 Å². The van der Waals surface area contributed by atoms with Gasteiger partial charge in [-0.05, 0) is 147 Å². The smallest absolute Gasteiger partial charge is 0.322 e. The second kappa shape index (κ2) is 60.6. The topological polar surface area (TPSA) is 773 Å². The van der Waals surface area contributed by atoms with Crippen LogP contribution in [0.2, 0.25) is 0 Å². The molecule has 20 amide bonds. The molecule has 17 atom stereocenters. The number of carbonyl (C=O) groups is 21. The molecule has 0 aliphatic carbocycles. The van der Waals surface area contributed by atoms with Crippen LogP contribution in [0.1, 0.15) is 128 Å². The molecule has 0 unspecified atom stereocenters. The van der Waals surface area contributed by atoms with Gasteiger partial charge >= 0.3 is 5.97 Å². The summed E-state index contributed by atoms with van der Waals surface area (Å²) in [6, 6.07) is -1.05. The first-order valence-corrected chi connectivity index (χ1v) is 50.2. The number of carboxylic acid groups (broad SMARTS) is 1. The van der Waals surface area contributed by atoms with Gasteiger partial charge in [-0.3, -0.25) is 101 Å². The summed E-state index contributed by atoms with van der Waals surface area (Å²) in [4.78, 5) is 302. The van der Waals surface area contributed by atoms with Crippen LogP contribution >= 0.6 is 47.8 Å². The first-order valence-electron chi connectivity index (χ1n) is 47.9. The number of amides is 20. The van der Waals surface area contributed by atoms with Crippen molar-refractivity contribution in [2.75, 3.05) is 70.5 Å². The molecule has 147 heavy (non-hydrogen) atoms. The number of thiol groups is 2. The number of carbonyl (C=O) groups excluding carboxylic acids is 20. The third-order valence-corrected chi connectivity index (χ3v) is 25.4. The van der Waals surface area contributed by atoms with Crippen LogP contribution in [0.5, 0.6) is 0 Å². The van der Waals surface area contributed by atoms with Gasteiger partial charge in [0.1, 0.15) is 97.2 Å². The fourth-order valence-electron chi connectivity index (χ4n) is 16.0. The average molecular weight is 2210 g/mol. The Morgan fingerprint density at radius 3 is 1.50 bits per heavy atom. The molecule has 2 fully saturated rings. The number of aliphatic hydroxyl groups is 3. The van der Waals surface area contributed by atoms with Crippen LogP contribution in [0.4, 0.5) is 0 Å². The van der Waals surface area contributed by atoms with Gasteiger partial charge in [0, 0.05) is 89.3 Å². The Kier molecular flexibility index (Phi) is 49.6. The highest BCUT2D eigenvalue weighted by Gasteiger charge is 2.44. The van der Waals surface area contributed by atoms with Crippen molar-refractivity contribution < 1.29 is 121 Å². The Morgan fingerprint density at radius 1 is 0.463 bits per heavy atom. The van der Waals surface area contributed by atoms with E-state index in [1.165, 1.54) is 36.2 Å². The van der Waals surface area contributed by atoms with Crippen LogP contribution in [-0.4, -0.2) is 343 Å². The number of hydrogen-bond acceptors (Lipinski definition) is 29. The van der Waals surface area contributed by atoms with Crippen molar-refractivity contribution in [1.29, 1.82) is 0 Å². The van der Waals surface area contributed by atoms with Crippen molar-refractivity contribution >= 4 is 183 Å². The van der Waals surface area contributed by atoms with E-state index in [1.54, 1.807) is 113 Å². The van der Waals surface area contributed by atoms with Gasteiger partial charge in [-0.2, -0.15) is 25.3 Å². The number of carboxylic acids is 1. The first kappa shape index (κ1) is 120. The highest BCUT2D eigenvalue weighted by atomic mass is 127. The van der Waals surface area contributed by atoms with Crippen LogP contribution in [-0.2, 0) is 126 Å². The minimum absolute atomic E-state index is 0.00414. The Labute approximate surface area is 871 Å². The number of aromatic amines is 2. The lowest BCUT2D eigenvalue weighted by atomic mass is 9.99. The summed E-state index contributed by atoms with van der Waals surface area (Å²) in [5, 5.41) is 84.4. The molecule has 2 aliphatic heterocycles. The van der Waals surface area contributed by atoms with E-state index in [0.717, 1.165) is 3.57 Å². The Balaban J connectivity index is 1.02. The summed E-state index contributed by atoms with van der Waals surface area (Å²) >= 11 is 10.7. The largest absolute Gasteiger partial charge is 0.480 e. The number of nitrogens with zero attached hydrogens (tertiary/aromatic N) is 3. The number of aliphatic hydroxyl groups excluding tert-OH is 3. The summed E-state index contributed by atoms with van der Waals surface area (Å²) in [6.07, 6.45) is 0.402. The van der Waals surface area contributed by atoms with E-state index in [9.17, 15) is 111 Å². The molecule has 3 aromatic carbocycles. The number of likely N-dealkylation sites (tertiary alicyclic amines) is 2. The lowest BCUT2D eigenvalue weighted by Gasteiger charge is -2.31. The minimum atomic E-state index is -1.86. The van der Waals surface area contributed by atoms with E-state index in [2.05, 4.69) is 131 Å². The highest BCUT2D eigenvalue weighted by molar-refractivity contribution is 14.1. The number of nitrogens with one attached hydrogen (secondary N) is 19. The molecule has 4 heterocycles. The average Bonchev–Trinajstić information content (AvgIpc) is 1.71. The number of rotatable bonds is 60. The maximum absolute atomic E-state index is 15.0. The van der Waals surface area contributed by atoms with Gasteiger partial charge in [0.05, 0.1) is 51.3 Å². The van der Waals surface area contributed by atoms with Gasteiger partial charge < -0.3 is 148 Å². The molecule has 2 aromatic heterocycles. The molecule has 804 valence electrons. The van der Waals surface area contributed by atoms with Gasteiger partial charge in [0.15, 0.2) is 0 Å². The third-order valence-electron chi connectivity index (χ3n) is 23.9. The van der Waals surface area contributed by atoms with E-state index >= 15 is 4.79 Å². The number of aromatic nitrogens is 3. The molecular weight excluding hydrogens is 2070 g/mol. The summed E-state index contributed by atoms with van der Waals surface area (Å²) in [7, 11) is 0. The number of halogens is 1. The van der Waals surface area contributed by atoms with E-state index in [0.29, 0.717) is 39.7 Å². The molecule has 50 nitrogen and oxygen atoms in total. The SMILES string of the molecule is CC(C)C[C@H](NC(=O)[C@@H]1CCCN1C(=O)CNC(=O)[C@H](Cc1ccccc1)NC(=O)[C@H](Cc1cnc[nH]1)NC(=O)[C@H](CS)NC(=O)[C@H](CO)NC(=O)[C@H](Cc1ccc(I)cc1)NC(=O)[C@@H](NC(=O)CNC(=O)CN)[C@@H](C)O)C(=O)N[C@H](C(=O)N[C@@H](Cc1c[nH]c2ccccc12)C(=O)N[C@H](C(=O)N[C@@H](CS)C(=O)N[C@@H](CCCCN)C(=O)N1CCC[C@H]1C(=O)N[C@@H](CCC(N)=O)C(=O)NCC(=O)NCC(=O)O)C(C)C)[C@@H](C)O. The molecular formula is C94H134IN25O25S2. The second-order valence-electron chi connectivity index (χ2n) is 36.2. The predicted molar refractivity (Wildman–Crippen MR) is 544 cm³/mol. The highest BCUT2D eigenvalue weighted by Crippen LogP contribution is 2.25. The standard InChI is InChI=1S/C94H134IN25O25S2/c1-48(2)32-61(84(135)118-79(51(6)123)93(144)112-64(35-54-38-100-58-19-11-10-18-57(54)58)85(136)117-77(49(3)4)91(142)115-68(46-147)87(138)107-60(20-12-13-29-96)94(145)120-31-15-22-70(120)90(141)106-59(27-28-71(98)124)80(131)103-40-73(126)102-43-76(129)130)110-89(140)69-21-14-30-119(69)75(128)42-104-81(132)62(33-52-16-8-7-9-17-52)108-83(134)65(36-56-39-99-47-105-56)109-88(139)67(45-146)114-86(137)66(44-121)113-82(133)63(34-53-23-25-55(95)26-24-53)111-92(143)78(50(5)122)116-74(127)41-101-72(125)37-97/h7-11,16-19,23-26,38-39,47-51,59-70,77-79,100,121-123,146-147H,12-15,20-22,27-37,40-46,96-97H2,1-6H3,(H2,98,124)(H,99,105)(H,101,125)(H,102,126)(H,103,131)(H,104,132)(H,106,141)(H,107,138)(H,108,134)(H,109,139)(H,110,140)(H,111,143)(H,112,144)(H,113,133)(H,114,137)(H,115,142)(H,116,127)(H,117,136)(H,118,135)(H,129,130)/t50-,51-,59+,60+,61+,62+,63+,64+,65+,66+,67+,68+,69+,70+,77+,78+,79+/m1/s1. The quantitative estimate of drug-likeness (QED) is 0.00977. The molecule has 0 saturated carbocycles. The van der Waals surface area contributed by atoms with Gasteiger partial charge in [-0.25, -0.2) is 4.98 Å². The van der Waals surface area contributed by atoms with Crippen LogP contribution in [0.3, 0.4) is 0 Å². The maximum Gasteiger partial charge on any atom is 0.322 e. The normalized spacial score (nSPS) is 16.4. The number of para-hydroxylation sites is 1. The summed E-state index contributed by atoms with van der Waals surface area (Å²) in [6.45, 7) is 4.77. The third kappa shape index (κ3) is 38.7. The number of unbranched alkanes of at least 4 members (excludes halogenated alkanes) is 1. The van der Waals surface area contributed by atoms with Gasteiger partial charge in [-0.1, -0.05) is 88.4 Å². The Bertz CT molecular complexity index is 5390. The second-order valence-corrected chi connectivity index (χ2v) is 38.2. The molecule has 2 aliphatic rings. The van der Waals surface area contributed by atoms with Crippen molar-refractivity contribution in [1.82, 2.24) is 115 Å². The van der Waals surface area contributed by atoms with E-state index < -0.39 is 284 Å². The van der Waals surface area contributed by atoms with Crippen LogP contribution in [0.25, 0.3) is 10.9 Å². The number of primary amides is 1. The lowest BCUT2D eigenvalue weighted by Crippen LogP contribution is -2.62. The van der Waals surface area contributed by atoms with Crippen LogP contribution < -0.4 is 108 Å². The zero-order valence-electron chi connectivity index (χ0n) is 82.1. The number of imidazole rings is 1. The minimum Gasteiger partial charge on any atom is -0.480 e. The molecule has 0 bridgehead atoms. The zero-order chi connectivity index (χ0) is 108. The number of hydrogen-bond donors (Lipinski definition) is 28. The van der Waals surface area contributed by atoms with E-state index in [4.69, 9.17) is 22.3 Å². The summed E-state index contributed by atoms with van der Waals surface area (Å²) in [5.41, 5.74) is 18.9. The number of benzene rings is 3. The van der Waals surface area contributed by atoms with Crippen molar-refractivity contribution in [2.45, 2.75) is 234 Å². The molecule has 7 rings (SSSR count). The lowest BCUT2D eigenvalue weighted by molar-refractivity contribution is -0.142. The van der Waals surface area contributed by atoms with E-state index in [-0.39, 0.29) is 108 Å². The van der Waals surface area contributed by atoms with Crippen LogP contribution in [0, 0.1) is 15.4 Å². The monoisotopic (exact) mass is 2200 g/mol. The number of nitrogens with two attached hydrogens (primary N) is 3. The molecule has 53 heteroatoms. The molecule has 29 N–H and O–H groups in total. The van der Waals surface area contributed by atoms with Gasteiger partial charge in [0.25, 0.3) is 0 Å². The number of fused-ring (bicyclic) bond motifs is 1. The predicted octanol–water partition coefficient (Wildman–Crippen LogP) is -7.73. The number of H-pyrrole nitrogens is 2. The van der Waals surface area contributed by atoms with Crippen molar-refractivity contribution in [2.24, 2.45) is 29.0 Å². The fourth-order valence-corrected chi connectivity index (χ4v) is 16.9. The van der Waals surface area contributed by atoms with E-state index in [1.807, 2.05) is 22.6 Å². The number of aliphatic carboxylic acids is 1. The first-order chi connectivity index (χ1) is 69.9. The van der Waals surface area contributed by atoms with Crippen molar-refractivity contribution in [3.63, 3.8) is 0 Å². The fraction of sp³-hybridized carbons (Fsp3) is 0.532. The molecule has 5 aromatic rings. The zero-order valence-corrected chi connectivity index (χ0v) is 86.0. The molecule has 2 saturated heterocycles. The summed E-state index contributed by atoms with van der Waals surface area (Å²) < 4.78 is 0.809. The maximum atomic E-state index is 15.0. The molecule has 0 radical (unpaired) electrons. The Hall–Kier alpha value is -13.5.